The number of rotatable bonds is 3. The van der Waals surface area contributed by atoms with E-state index in [1.165, 1.54) is 6.92 Å². The summed E-state index contributed by atoms with van der Waals surface area (Å²) in [5, 5.41) is 29.2. The summed E-state index contributed by atoms with van der Waals surface area (Å²) < 4.78 is 0. The van der Waals surface area contributed by atoms with E-state index in [-0.39, 0.29) is 25.4 Å². The number of nitrogens with two attached hydrogens (primary N) is 1. The number of carboxylic acid groups (broad SMARTS) is 4. The molecule has 0 unspecified atom stereocenters. The predicted octanol–water partition coefficient (Wildman–Crippen LogP) is -1.37. The minimum atomic E-state index is -1.08. The third-order valence-electron chi connectivity index (χ3n) is 0.462. The molecule has 25 heavy (non-hydrogen) atoms. The number of carbonyl (C=O) groups is 5. The van der Waals surface area contributed by atoms with Gasteiger partial charge in [-0.25, -0.2) is 0 Å². The number of carboxylic acids is 4. The summed E-state index contributed by atoms with van der Waals surface area (Å²) in [7, 11) is 0. The Morgan fingerprint density at radius 2 is 1.04 bits per heavy atom. The van der Waals surface area contributed by atoms with Crippen molar-refractivity contribution in [2.24, 2.45) is 5.73 Å². The summed E-state index contributed by atoms with van der Waals surface area (Å²) in [6, 6.07) is 0. The van der Waals surface area contributed by atoms with E-state index in [0.29, 0.717) is 13.1 Å². The van der Waals surface area contributed by atoms with Gasteiger partial charge in [-0.1, -0.05) is 0 Å². The first-order valence-electron chi connectivity index (χ1n) is 5.50. The average molecular weight is 420 g/mol. The molecule has 0 bridgehead atoms. The van der Waals surface area contributed by atoms with Gasteiger partial charge >= 0.3 is 5.97 Å². The van der Waals surface area contributed by atoms with Gasteiger partial charge in [-0.15, -0.1) is 0 Å². The minimum absolute atomic E-state index is 0. The SMILES string of the molecule is CC(=O)ONCCN.[CH2-]C(=O)O.[CH2-]C(=O)O.[CH2-]C(=O)O.[CH2-]C(=O)O.[Zn]. The molecule has 7 N–H and O–H groups in total. The topological polar surface area (TPSA) is 214 Å². The van der Waals surface area contributed by atoms with E-state index >= 15 is 0 Å². The van der Waals surface area contributed by atoms with Crippen LogP contribution in [0.2, 0.25) is 0 Å². The van der Waals surface area contributed by atoms with E-state index in [1.54, 1.807) is 0 Å². The third kappa shape index (κ3) is 1420. The molecule has 0 aliphatic carbocycles. The minimum Gasteiger partial charge on any atom is -0.503 e. The van der Waals surface area contributed by atoms with Crippen LogP contribution in [0, 0.1) is 27.7 Å². The fourth-order valence-electron chi connectivity index (χ4n) is 0.212. The van der Waals surface area contributed by atoms with Crippen LogP contribution in [0.1, 0.15) is 6.92 Å². The van der Waals surface area contributed by atoms with Crippen molar-refractivity contribution in [2.75, 3.05) is 13.1 Å². The van der Waals surface area contributed by atoms with Crippen molar-refractivity contribution in [3.8, 4) is 0 Å². The Labute approximate surface area is 158 Å². The molecule has 0 rings (SSSR count). The summed E-state index contributed by atoms with van der Waals surface area (Å²) in [5.41, 5.74) is 7.42. The molecule has 0 saturated carbocycles. The second-order valence-electron chi connectivity index (χ2n) is 2.85. The van der Waals surface area contributed by atoms with Crippen molar-refractivity contribution in [1.29, 1.82) is 0 Å². The molecule has 0 aliphatic rings. The van der Waals surface area contributed by atoms with E-state index in [2.05, 4.69) is 38.0 Å². The molecule has 0 radical (unpaired) electrons. The van der Waals surface area contributed by atoms with Gasteiger partial charge < -0.3 is 31.0 Å². The Balaban J connectivity index is -0.0000000467. The summed E-state index contributed by atoms with van der Waals surface area (Å²) in [6.45, 7) is 12.5. The number of carbonyl (C=O) groups excluding carboxylic acids is 1. The molecule has 0 amide bonds. The first-order chi connectivity index (χ1) is 10.7. The molecule has 0 aliphatic heterocycles. The molecule has 146 valence electrons. The van der Waals surface area contributed by atoms with Crippen LogP contribution in [0.25, 0.3) is 0 Å². The number of hydroxylamine groups is 1. The summed E-state index contributed by atoms with van der Waals surface area (Å²) in [5.74, 6) is -4.68. The van der Waals surface area contributed by atoms with Crippen LogP contribution in [-0.4, -0.2) is 63.4 Å². The Morgan fingerprint density at radius 1 is 0.840 bits per heavy atom. The van der Waals surface area contributed by atoms with E-state index in [1.807, 2.05) is 0 Å². The maximum absolute atomic E-state index is 9.99. The fourth-order valence-corrected chi connectivity index (χ4v) is 0.212. The quantitative estimate of drug-likeness (QED) is 0.135. The van der Waals surface area contributed by atoms with Crippen molar-refractivity contribution in [2.45, 2.75) is 6.92 Å². The molecular weight excluding hydrogens is 398 g/mol. The zero-order chi connectivity index (χ0) is 20.7. The molecule has 13 heteroatoms. The largest absolute Gasteiger partial charge is 0.503 e. The smallest absolute Gasteiger partial charge is 0.321 e. The molecule has 0 aromatic heterocycles. The van der Waals surface area contributed by atoms with Crippen molar-refractivity contribution >= 4 is 29.8 Å². The molecule has 12 nitrogen and oxygen atoms in total. The van der Waals surface area contributed by atoms with Gasteiger partial charge in [0.1, 0.15) is 0 Å². The van der Waals surface area contributed by atoms with Crippen LogP contribution in [-0.2, 0) is 48.3 Å². The molecule has 0 fully saturated rings. The molecule has 0 heterocycles. The second kappa shape index (κ2) is 33.1. The zero-order valence-electron chi connectivity index (χ0n) is 13.8. The van der Waals surface area contributed by atoms with Crippen LogP contribution >= 0.6 is 0 Å². The summed E-state index contributed by atoms with van der Waals surface area (Å²) >= 11 is 0. The van der Waals surface area contributed by atoms with Gasteiger partial charge in [-0.3, -0.25) is 51.7 Å². The molecular formula is C12H22N2O10Zn-4. The summed E-state index contributed by atoms with van der Waals surface area (Å²) in [6.07, 6.45) is 0. The van der Waals surface area contributed by atoms with Crippen molar-refractivity contribution < 1.29 is 68.7 Å². The van der Waals surface area contributed by atoms with Gasteiger partial charge in [0.2, 0.25) is 0 Å². The third-order valence-corrected chi connectivity index (χ3v) is 0.462. The van der Waals surface area contributed by atoms with E-state index < -0.39 is 23.9 Å². The van der Waals surface area contributed by atoms with E-state index in [9.17, 15) is 4.79 Å². The van der Waals surface area contributed by atoms with Crippen molar-refractivity contribution in [3.05, 3.63) is 27.7 Å². The van der Waals surface area contributed by atoms with Crippen LogP contribution in [0.4, 0.5) is 0 Å². The predicted molar refractivity (Wildman–Crippen MR) is 80.8 cm³/mol. The molecule has 0 spiro atoms. The van der Waals surface area contributed by atoms with Crippen LogP contribution in [0.5, 0.6) is 0 Å². The van der Waals surface area contributed by atoms with Gasteiger partial charge in [0.05, 0.1) is 0 Å². The second-order valence-corrected chi connectivity index (χ2v) is 2.85. The normalized spacial score (nSPS) is 6.64. The van der Waals surface area contributed by atoms with E-state index in [0.717, 1.165) is 0 Å². The van der Waals surface area contributed by atoms with Gasteiger partial charge in [-0.05, 0) is 0 Å². The van der Waals surface area contributed by atoms with Gasteiger partial charge in [0.15, 0.2) is 23.9 Å². The first kappa shape index (κ1) is 38.1. The first-order valence-corrected chi connectivity index (χ1v) is 5.50. The fraction of sp³-hybridized carbons (Fsp3) is 0.250. The summed E-state index contributed by atoms with van der Waals surface area (Å²) in [4.78, 5) is 49.9. The number of aliphatic carboxylic acids is 4. The number of nitrogens with one attached hydrogen (secondary N) is 1. The molecule has 0 aromatic carbocycles. The van der Waals surface area contributed by atoms with Crippen molar-refractivity contribution in [3.63, 3.8) is 0 Å². The van der Waals surface area contributed by atoms with Crippen LogP contribution in [0.15, 0.2) is 0 Å². The van der Waals surface area contributed by atoms with Gasteiger partial charge in [-0.2, -0.15) is 5.48 Å². The Morgan fingerprint density at radius 3 is 1.16 bits per heavy atom. The Bertz CT molecular complexity index is 300. The Kier molecular flexibility index (Phi) is 50.5. The molecule has 0 saturated heterocycles. The van der Waals surface area contributed by atoms with Gasteiger partial charge in [0, 0.05) is 39.5 Å². The monoisotopic (exact) mass is 418 g/mol. The van der Waals surface area contributed by atoms with Crippen LogP contribution in [0.3, 0.4) is 0 Å². The maximum Gasteiger partial charge on any atom is 0.321 e. The maximum atomic E-state index is 9.99. The number of hydrogen-bond acceptors (Lipinski definition) is 8. The number of hydrogen-bond donors (Lipinski definition) is 6. The van der Waals surface area contributed by atoms with E-state index in [4.69, 9.17) is 45.3 Å². The van der Waals surface area contributed by atoms with Crippen LogP contribution < -0.4 is 11.2 Å². The zero-order valence-corrected chi connectivity index (χ0v) is 16.7. The Hall–Kier alpha value is -2.63. The van der Waals surface area contributed by atoms with Crippen molar-refractivity contribution in [1.82, 2.24) is 5.48 Å². The van der Waals surface area contributed by atoms with Gasteiger partial charge in [0.25, 0.3) is 0 Å². The molecule has 0 aromatic rings. The molecule has 0 atom stereocenters. The average Bonchev–Trinajstić information content (AvgIpc) is 2.25. The standard InChI is InChI=1S/C4H10N2O2.4C2H3O2.Zn/c1-4(7)8-6-3-2-5;4*1-2(3)4;/h6H,2-3,5H2,1H3;4*1H2,(H,3,4);/q;4*-1;.